The van der Waals surface area contributed by atoms with Crippen molar-refractivity contribution in [1.29, 1.82) is 0 Å². The summed E-state index contributed by atoms with van der Waals surface area (Å²) in [4.78, 5) is 4.13. The van der Waals surface area contributed by atoms with Crippen molar-refractivity contribution in [3.05, 3.63) is 33.4 Å². The lowest BCUT2D eigenvalue weighted by Gasteiger charge is -1.98. The molecule has 84 valence electrons. The molecule has 2 heterocycles. The summed E-state index contributed by atoms with van der Waals surface area (Å²) in [7, 11) is 0. The number of hydrogen-bond donors (Lipinski definition) is 0. The van der Waals surface area contributed by atoms with Crippen molar-refractivity contribution >= 4 is 34.2 Å². The third-order valence-corrected chi connectivity index (χ3v) is 3.03. The maximum atomic E-state index is 12.6. The number of pyridine rings is 1. The molecule has 0 aromatic carbocycles. The van der Waals surface area contributed by atoms with Gasteiger partial charge in [-0.2, -0.15) is 0 Å². The first-order valence-electron chi connectivity index (χ1n) is 4.47. The molecule has 6 heteroatoms. The quantitative estimate of drug-likeness (QED) is 0.482. The van der Waals surface area contributed by atoms with E-state index < -0.39 is 6.67 Å². The van der Waals surface area contributed by atoms with Crippen LogP contribution in [0.25, 0.3) is 11.3 Å². The highest BCUT2D eigenvalue weighted by atomic mass is 127. The second-order valence-corrected chi connectivity index (χ2v) is 4.44. The van der Waals surface area contributed by atoms with Crippen LogP contribution < -0.4 is 0 Å². The first-order chi connectivity index (χ1) is 7.76. The van der Waals surface area contributed by atoms with Crippen molar-refractivity contribution in [1.82, 2.24) is 10.1 Å². The van der Waals surface area contributed by atoms with E-state index in [4.69, 9.17) is 16.1 Å². The standard InChI is InChI=1S/C10H7ClFIN2O/c11-3-7-8(4-12)16-15-10(7)6-1-2-9(13)14-5-6/h1-2,5H,3-4H2. The number of nitrogens with zero attached hydrogens (tertiary/aromatic N) is 2. The van der Waals surface area contributed by atoms with Crippen LogP contribution in [0.4, 0.5) is 4.39 Å². The molecule has 0 fully saturated rings. The summed E-state index contributed by atoms with van der Waals surface area (Å²) in [5.41, 5.74) is 1.93. The number of alkyl halides is 2. The van der Waals surface area contributed by atoms with Gasteiger partial charge in [0.05, 0.1) is 5.88 Å². The molecule has 0 spiro atoms. The van der Waals surface area contributed by atoms with Crippen LogP contribution in [-0.2, 0) is 12.6 Å². The Balaban J connectivity index is 2.47. The fourth-order valence-corrected chi connectivity index (χ4v) is 1.92. The Kier molecular flexibility index (Phi) is 3.75. The summed E-state index contributed by atoms with van der Waals surface area (Å²) in [6.45, 7) is -0.702. The molecule has 2 aromatic heterocycles. The Morgan fingerprint density at radius 2 is 2.25 bits per heavy atom. The van der Waals surface area contributed by atoms with Crippen LogP contribution >= 0.6 is 34.2 Å². The maximum absolute atomic E-state index is 12.6. The van der Waals surface area contributed by atoms with Gasteiger partial charge in [-0.3, -0.25) is 0 Å². The van der Waals surface area contributed by atoms with E-state index in [9.17, 15) is 4.39 Å². The smallest absolute Gasteiger partial charge is 0.172 e. The molecule has 0 saturated heterocycles. The summed E-state index contributed by atoms with van der Waals surface area (Å²) in [5.74, 6) is 0.355. The van der Waals surface area contributed by atoms with Crippen molar-refractivity contribution < 1.29 is 8.91 Å². The van der Waals surface area contributed by atoms with E-state index >= 15 is 0 Å². The molecule has 0 saturated carbocycles. The molecule has 0 aliphatic carbocycles. The van der Waals surface area contributed by atoms with Crippen molar-refractivity contribution in [2.75, 3.05) is 0 Å². The lowest BCUT2D eigenvalue weighted by molar-refractivity contribution is 0.329. The maximum Gasteiger partial charge on any atom is 0.172 e. The van der Waals surface area contributed by atoms with Crippen LogP contribution in [0.1, 0.15) is 11.3 Å². The fraction of sp³-hybridized carbons (Fsp3) is 0.200. The van der Waals surface area contributed by atoms with Gasteiger partial charge in [0.25, 0.3) is 0 Å². The molecule has 0 amide bonds. The van der Waals surface area contributed by atoms with Crippen molar-refractivity contribution in [2.24, 2.45) is 0 Å². The Labute approximate surface area is 110 Å². The largest absolute Gasteiger partial charge is 0.358 e. The van der Waals surface area contributed by atoms with Gasteiger partial charge in [0.1, 0.15) is 9.39 Å². The van der Waals surface area contributed by atoms with Gasteiger partial charge in [-0.1, -0.05) is 5.16 Å². The fourth-order valence-electron chi connectivity index (χ4n) is 1.33. The molecule has 0 aliphatic rings. The summed E-state index contributed by atoms with van der Waals surface area (Å²) < 4.78 is 18.3. The molecule has 0 atom stereocenters. The Morgan fingerprint density at radius 1 is 1.44 bits per heavy atom. The van der Waals surface area contributed by atoms with Crippen LogP contribution in [0.15, 0.2) is 22.9 Å². The average molecular weight is 353 g/mol. The minimum Gasteiger partial charge on any atom is -0.358 e. The van der Waals surface area contributed by atoms with Gasteiger partial charge in [-0.15, -0.1) is 11.6 Å². The second-order valence-electron chi connectivity index (χ2n) is 3.07. The van der Waals surface area contributed by atoms with E-state index in [2.05, 4.69) is 32.7 Å². The van der Waals surface area contributed by atoms with Gasteiger partial charge in [0, 0.05) is 17.3 Å². The highest BCUT2D eigenvalue weighted by Gasteiger charge is 2.16. The van der Waals surface area contributed by atoms with E-state index in [1.807, 2.05) is 12.1 Å². The zero-order valence-electron chi connectivity index (χ0n) is 8.08. The molecule has 0 unspecified atom stereocenters. The van der Waals surface area contributed by atoms with Crippen LogP contribution in [-0.4, -0.2) is 10.1 Å². The van der Waals surface area contributed by atoms with Gasteiger partial charge in [0.15, 0.2) is 12.4 Å². The van der Waals surface area contributed by atoms with Crippen LogP contribution in [0.2, 0.25) is 0 Å². The lowest BCUT2D eigenvalue weighted by Crippen LogP contribution is -1.88. The molecule has 2 aromatic rings. The third-order valence-electron chi connectivity index (χ3n) is 2.13. The average Bonchev–Trinajstić information content (AvgIpc) is 2.72. The van der Waals surface area contributed by atoms with Crippen LogP contribution in [0.3, 0.4) is 0 Å². The summed E-state index contributed by atoms with van der Waals surface area (Å²) >= 11 is 7.86. The predicted molar refractivity (Wildman–Crippen MR) is 66.8 cm³/mol. The molecule has 2 rings (SSSR count). The molecular weight excluding hydrogens is 345 g/mol. The van der Waals surface area contributed by atoms with E-state index in [1.165, 1.54) is 0 Å². The van der Waals surface area contributed by atoms with E-state index in [-0.39, 0.29) is 11.6 Å². The SMILES string of the molecule is FCc1onc(-c2ccc(I)nc2)c1CCl. The lowest BCUT2D eigenvalue weighted by atomic mass is 10.1. The zero-order valence-corrected chi connectivity index (χ0v) is 11.0. The van der Waals surface area contributed by atoms with Crippen LogP contribution in [0, 0.1) is 3.70 Å². The van der Waals surface area contributed by atoms with Crippen molar-refractivity contribution in [3.8, 4) is 11.3 Å². The summed E-state index contributed by atoms with van der Waals surface area (Å²) in [6, 6.07) is 3.70. The van der Waals surface area contributed by atoms with Gasteiger partial charge >= 0.3 is 0 Å². The summed E-state index contributed by atoms with van der Waals surface area (Å²) in [5, 5.41) is 3.82. The first-order valence-corrected chi connectivity index (χ1v) is 6.09. The summed E-state index contributed by atoms with van der Waals surface area (Å²) in [6.07, 6.45) is 1.66. The molecule has 0 aliphatic heterocycles. The number of halogens is 3. The molecular formula is C10H7ClFIN2O. The minimum absolute atomic E-state index is 0.171. The third kappa shape index (κ3) is 2.20. The zero-order chi connectivity index (χ0) is 11.5. The first kappa shape index (κ1) is 11.8. The Hall–Kier alpha value is -0.690. The van der Waals surface area contributed by atoms with Crippen LogP contribution in [0.5, 0.6) is 0 Å². The highest BCUT2D eigenvalue weighted by Crippen LogP contribution is 2.27. The Morgan fingerprint density at radius 3 is 2.81 bits per heavy atom. The molecule has 0 radical (unpaired) electrons. The predicted octanol–water partition coefficient (Wildman–Crippen LogP) is 3.55. The molecule has 3 nitrogen and oxygen atoms in total. The second kappa shape index (κ2) is 5.09. The van der Waals surface area contributed by atoms with Crippen molar-refractivity contribution in [3.63, 3.8) is 0 Å². The van der Waals surface area contributed by atoms with Gasteiger partial charge in [-0.25, -0.2) is 9.37 Å². The van der Waals surface area contributed by atoms with Gasteiger partial charge < -0.3 is 4.52 Å². The molecule has 0 N–H and O–H groups in total. The molecule has 0 bridgehead atoms. The monoisotopic (exact) mass is 352 g/mol. The van der Waals surface area contributed by atoms with Gasteiger partial charge in [0.2, 0.25) is 0 Å². The van der Waals surface area contributed by atoms with Crippen molar-refractivity contribution in [2.45, 2.75) is 12.6 Å². The van der Waals surface area contributed by atoms with E-state index in [0.29, 0.717) is 11.3 Å². The minimum atomic E-state index is -0.702. The van der Waals surface area contributed by atoms with E-state index in [1.54, 1.807) is 6.20 Å². The Bertz CT molecular complexity index is 486. The topological polar surface area (TPSA) is 38.9 Å². The number of rotatable bonds is 3. The highest BCUT2D eigenvalue weighted by molar-refractivity contribution is 14.1. The number of aromatic nitrogens is 2. The number of hydrogen-bond acceptors (Lipinski definition) is 3. The van der Waals surface area contributed by atoms with E-state index in [0.717, 1.165) is 9.26 Å². The normalized spacial score (nSPS) is 10.7. The van der Waals surface area contributed by atoms with Gasteiger partial charge in [-0.05, 0) is 34.7 Å². The molecule has 16 heavy (non-hydrogen) atoms.